The molecule has 1 aromatic heterocycles. The zero-order chi connectivity index (χ0) is 14.7. The van der Waals surface area contributed by atoms with Crippen LogP contribution in [0.1, 0.15) is 31.0 Å². The van der Waals surface area contributed by atoms with Crippen LogP contribution in [0.3, 0.4) is 0 Å². The van der Waals surface area contributed by atoms with Crippen molar-refractivity contribution in [1.82, 2.24) is 9.97 Å². The Morgan fingerprint density at radius 3 is 2.65 bits per heavy atom. The Balaban J connectivity index is 2.36. The summed E-state index contributed by atoms with van der Waals surface area (Å²) in [5.74, 6) is 0.383. The maximum Gasteiger partial charge on any atom is 0.190 e. The highest BCUT2D eigenvalue weighted by Crippen LogP contribution is 2.27. The van der Waals surface area contributed by atoms with Crippen molar-refractivity contribution < 1.29 is 4.39 Å². The predicted molar refractivity (Wildman–Crippen MR) is 76.8 cm³/mol. The van der Waals surface area contributed by atoms with E-state index in [-0.39, 0.29) is 11.6 Å². The molecule has 20 heavy (non-hydrogen) atoms. The number of halogens is 1. The number of hydrogen-bond acceptors (Lipinski definition) is 3. The number of nitrogens with one attached hydrogen (secondary N) is 1. The second-order valence-electron chi connectivity index (χ2n) is 4.79. The van der Waals surface area contributed by atoms with Crippen molar-refractivity contribution in [2.24, 2.45) is 0 Å². The number of benzene rings is 1. The molecule has 0 saturated heterocycles. The van der Waals surface area contributed by atoms with Crippen molar-refractivity contribution >= 4 is 17.2 Å². The molecule has 0 aliphatic heterocycles. The SMILES string of the molecule is [C-]#[N+]c1ccc(Nc2ncnc(C(C)C)c2C)c(F)c1. The van der Waals surface area contributed by atoms with Crippen LogP contribution in [0.2, 0.25) is 0 Å². The third kappa shape index (κ3) is 2.75. The average Bonchev–Trinajstić information content (AvgIpc) is 2.42. The summed E-state index contributed by atoms with van der Waals surface area (Å²) in [4.78, 5) is 11.6. The number of rotatable bonds is 3. The number of hydrogen-bond donors (Lipinski definition) is 1. The molecule has 1 N–H and O–H groups in total. The summed E-state index contributed by atoms with van der Waals surface area (Å²) in [5, 5.41) is 2.96. The largest absolute Gasteiger partial charge is 0.338 e. The minimum atomic E-state index is -0.470. The zero-order valence-corrected chi connectivity index (χ0v) is 11.6. The van der Waals surface area contributed by atoms with E-state index in [1.165, 1.54) is 12.4 Å². The van der Waals surface area contributed by atoms with Gasteiger partial charge in [-0.15, -0.1) is 0 Å². The molecule has 0 spiro atoms. The first-order valence-corrected chi connectivity index (χ1v) is 6.28. The fraction of sp³-hybridized carbons (Fsp3) is 0.267. The van der Waals surface area contributed by atoms with Gasteiger partial charge in [0.15, 0.2) is 5.69 Å². The lowest BCUT2D eigenvalue weighted by Crippen LogP contribution is -2.04. The fourth-order valence-corrected chi connectivity index (χ4v) is 1.97. The molecule has 0 fully saturated rings. The van der Waals surface area contributed by atoms with Crippen molar-refractivity contribution in [3.63, 3.8) is 0 Å². The highest BCUT2D eigenvalue weighted by Gasteiger charge is 2.12. The van der Waals surface area contributed by atoms with Crippen LogP contribution in [0.5, 0.6) is 0 Å². The van der Waals surface area contributed by atoms with Gasteiger partial charge in [-0.3, -0.25) is 0 Å². The molecule has 0 radical (unpaired) electrons. The van der Waals surface area contributed by atoms with Gasteiger partial charge < -0.3 is 5.32 Å². The molecule has 0 atom stereocenters. The summed E-state index contributed by atoms with van der Waals surface area (Å²) in [6, 6.07) is 4.31. The molecule has 0 unspecified atom stereocenters. The van der Waals surface area contributed by atoms with E-state index in [2.05, 4.69) is 20.1 Å². The summed E-state index contributed by atoms with van der Waals surface area (Å²) in [6.07, 6.45) is 1.47. The first kappa shape index (κ1) is 13.9. The van der Waals surface area contributed by atoms with Crippen molar-refractivity contribution in [3.8, 4) is 0 Å². The van der Waals surface area contributed by atoms with Gasteiger partial charge in [0.05, 0.1) is 18.0 Å². The summed E-state index contributed by atoms with van der Waals surface area (Å²) in [5.41, 5.74) is 2.40. The second-order valence-corrected chi connectivity index (χ2v) is 4.79. The number of aromatic nitrogens is 2. The van der Waals surface area contributed by atoms with Gasteiger partial charge in [0, 0.05) is 5.56 Å². The molecule has 1 heterocycles. The third-order valence-corrected chi connectivity index (χ3v) is 3.00. The minimum absolute atomic E-state index is 0.271. The lowest BCUT2D eigenvalue weighted by Gasteiger charge is -2.13. The van der Waals surface area contributed by atoms with Crippen molar-refractivity contribution in [2.45, 2.75) is 26.7 Å². The topological polar surface area (TPSA) is 42.2 Å². The summed E-state index contributed by atoms with van der Waals surface area (Å²) < 4.78 is 13.9. The van der Waals surface area contributed by atoms with Crippen molar-refractivity contribution in [1.29, 1.82) is 0 Å². The first-order valence-electron chi connectivity index (χ1n) is 6.28. The van der Waals surface area contributed by atoms with Gasteiger partial charge in [-0.1, -0.05) is 19.9 Å². The van der Waals surface area contributed by atoms with Crippen LogP contribution >= 0.6 is 0 Å². The normalized spacial score (nSPS) is 10.4. The Morgan fingerprint density at radius 2 is 2.05 bits per heavy atom. The average molecular weight is 270 g/mol. The molecule has 102 valence electrons. The van der Waals surface area contributed by atoms with E-state index in [0.717, 1.165) is 11.3 Å². The van der Waals surface area contributed by atoms with E-state index in [0.29, 0.717) is 11.5 Å². The van der Waals surface area contributed by atoms with Gasteiger partial charge in [-0.05, 0) is 25.0 Å². The zero-order valence-electron chi connectivity index (χ0n) is 11.6. The van der Waals surface area contributed by atoms with Gasteiger partial charge in [-0.25, -0.2) is 19.2 Å². The molecule has 0 saturated carbocycles. The number of anilines is 2. The fourth-order valence-electron chi connectivity index (χ4n) is 1.97. The minimum Gasteiger partial charge on any atom is -0.338 e. The first-order chi connectivity index (χ1) is 9.52. The van der Waals surface area contributed by atoms with Crippen molar-refractivity contribution in [2.75, 3.05) is 5.32 Å². The summed E-state index contributed by atoms with van der Waals surface area (Å²) >= 11 is 0. The number of nitrogens with zero attached hydrogens (tertiary/aromatic N) is 3. The van der Waals surface area contributed by atoms with Gasteiger partial charge in [0.1, 0.15) is 18.0 Å². The van der Waals surface area contributed by atoms with Gasteiger partial charge >= 0.3 is 0 Å². The molecular formula is C15H15FN4. The molecule has 0 amide bonds. The Morgan fingerprint density at radius 1 is 1.30 bits per heavy atom. The highest BCUT2D eigenvalue weighted by molar-refractivity contribution is 5.63. The monoisotopic (exact) mass is 270 g/mol. The van der Waals surface area contributed by atoms with Crippen molar-refractivity contribution in [3.05, 3.63) is 53.0 Å². The van der Waals surface area contributed by atoms with Crippen LogP contribution in [-0.4, -0.2) is 9.97 Å². The summed E-state index contributed by atoms with van der Waals surface area (Å²) in [6.45, 7) is 12.9. The lowest BCUT2D eigenvalue weighted by molar-refractivity contribution is 0.632. The Kier molecular flexibility index (Phi) is 3.94. The van der Waals surface area contributed by atoms with Crippen LogP contribution in [-0.2, 0) is 0 Å². The van der Waals surface area contributed by atoms with E-state index in [1.807, 2.05) is 20.8 Å². The molecule has 4 nitrogen and oxygen atoms in total. The van der Waals surface area contributed by atoms with Gasteiger partial charge in [0.2, 0.25) is 0 Å². The van der Waals surface area contributed by atoms with E-state index < -0.39 is 5.82 Å². The lowest BCUT2D eigenvalue weighted by atomic mass is 10.1. The van der Waals surface area contributed by atoms with Gasteiger partial charge in [0.25, 0.3) is 0 Å². The molecule has 5 heteroatoms. The molecule has 1 aromatic carbocycles. The molecular weight excluding hydrogens is 255 g/mol. The second kappa shape index (κ2) is 5.66. The predicted octanol–water partition coefficient (Wildman–Crippen LogP) is 4.34. The van der Waals surface area contributed by atoms with Crippen LogP contribution < -0.4 is 5.32 Å². The maximum absolute atomic E-state index is 13.9. The van der Waals surface area contributed by atoms with Crippen LogP contribution in [0.4, 0.5) is 21.6 Å². The smallest absolute Gasteiger partial charge is 0.190 e. The molecule has 0 aliphatic rings. The molecule has 2 rings (SSSR count). The van der Waals surface area contributed by atoms with E-state index in [1.54, 1.807) is 12.1 Å². The Hall–Kier alpha value is -2.48. The van der Waals surface area contributed by atoms with E-state index in [9.17, 15) is 4.39 Å². The van der Waals surface area contributed by atoms with Crippen LogP contribution in [0.15, 0.2) is 24.5 Å². The van der Waals surface area contributed by atoms with E-state index >= 15 is 0 Å². The van der Waals surface area contributed by atoms with Crippen LogP contribution in [0.25, 0.3) is 4.85 Å². The quantitative estimate of drug-likeness (QED) is 0.843. The standard InChI is InChI=1S/C15H15FN4/c1-9(2)14-10(3)15(19-8-18-14)20-13-6-5-11(17-4)7-12(13)16/h5-9H,1-3H3,(H,18,19,20). The van der Waals surface area contributed by atoms with Crippen LogP contribution in [0, 0.1) is 19.3 Å². The van der Waals surface area contributed by atoms with E-state index in [4.69, 9.17) is 6.57 Å². The Labute approximate surface area is 117 Å². The van der Waals surface area contributed by atoms with Gasteiger partial charge in [-0.2, -0.15) is 0 Å². The highest BCUT2D eigenvalue weighted by atomic mass is 19.1. The Bertz CT molecular complexity index is 674. The molecule has 2 aromatic rings. The maximum atomic E-state index is 13.9. The molecule has 0 aliphatic carbocycles. The molecule has 0 bridgehead atoms. The third-order valence-electron chi connectivity index (χ3n) is 3.00. The summed E-state index contributed by atoms with van der Waals surface area (Å²) in [7, 11) is 0.